The van der Waals surface area contributed by atoms with E-state index in [1.54, 1.807) is 0 Å². The molecule has 1 aliphatic rings. The zero-order chi connectivity index (χ0) is 12.4. The number of hydrogen-bond acceptors (Lipinski definition) is 3. The highest BCUT2D eigenvalue weighted by Gasteiger charge is 2.13. The molecule has 1 aromatic heterocycles. The number of pyridine rings is 1. The average molecular weight is 241 g/mol. The Bertz CT molecular complexity index is 544. The Kier molecular flexibility index (Phi) is 3.15. The molecule has 2 N–H and O–H groups in total. The van der Waals surface area contributed by atoms with Crippen LogP contribution in [0, 0.1) is 6.92 Å². The Balaban J connectivity index is 1.91. The van der Waals surface area contributed by atoms with Crippen LogP contribution < -0.4 is 10.6 Å². The van der Waals surface area contributed by atoms with E-state index in [1.165, 1.54) is 23.9 Å². The van der Waals surface area contributed by atoms with Crippen LogP contribution in [0.3, 0.4) is 0 Å². The van der Waals surface area contributed by atoms with Gasteiger partial charge in [0, 0.05) is 22.8 Å². The van der Waals surface area contributed by atoms with Crippen LogP contribution in [0.5, 0.6) is 0 Å². The molecule has 0 spiro atoms. The van der Waals surface area contributed by atoms with E-state index in [1.807, 2.05) is 6.92 Å². The summed E-state index contributed by atoms with van der Waals surface area (Å²) in [5, 5.41) is 8.28. The number of rotatable bonds is 2. The topological polar surface area (TPSA) is 37.0 Å². The van der Waals surface area contributed by atoms with Gasteiger partial charge in [0.25, 0.3) is 0 Å². The summed E-state index contributed by atoms with van der Waals surface area (Å²) in [6.07, 6.45) is 2.38. The maximum Gasteiger partial charge on any atom is 0.0725 e. The number of aromatic nitrogens is 1. The minimum atomic E-state index is 0.582. The fraction of sp³-hybridized carbons (Fsp3) is 0.400. The van der Waals surface area contributed by atoms with E-state index in [0.29, 0.717) is 6.04 Å². The molecule has 3 rings (SSSR count). The summed E-state index contributed by atoms with van der Waals surface area (Å²) >= 11 is 0. The second-order valence-corrected chi connectivity index (χ2v) is 4.99. The molecule has 0 bridgehead atoms. The van der Waals surface area contributed by atoms with Crippen LogP contribution in [0.1, 0.15) is 18.5 Å². The molecule has 94 valence electrons. The highest BCUT2D eigenvalue weighted by Crippen LogP contribution is 2.24. The van der Waals surface area contributed by atoms with E-state index < -0.39 is 0 Å². The SMILES string of the molecule is Cc1ccc2c(NC3CCNCC3)cccc2n1. The molecule has 18 heavy (non-hydrogen) atoms. The number of anilines is 1. The van der Waals surface area contributed by atoms with Crippen molar-refractivity contribution in [2.75, 3.05) is 18.4 Å². The summed E-state index contributed by atoms with van der Waals surface area (Å²) in [4.78, 5) is 4.58. The van der Waals surface area contributed by atoms with Crippen LogP contribution >= 0.6 is 0 Å². The maximum absolute atomic E-state index is 4.58. The number of piperidine rings is 1. The van der Waals surface area contributed by atoms with Crippen molar-refractivity contribution in [2.45, 2.75) is 25.8 Å². The van der Waals surface area contributed by atoms with Gasteiger partial charge in [-0.25, -0.2) is 0 Å². The molecule has 2 aromatic rings. The first-order chi connectivity index (χ1) is 8.83. The molecule has 0 unspecified atom stereocenters. The maximum atomic E-state index is 4.58. The molecule has 1 aromatic carbocycles. The Morgan fingerprint density at radius 1 is 1.17 bits per heavy atom. The molecule has 1 saturated heterocycles. The van der Waals surface area contributed by atoms with Gasteiger partial charge in [0.05, 0.1) is 5.52 Å². The first-order valence-electron chi connectivity index (χ1n) is 6.66. The highest BCUT2D eigenvalue weighted by molar-refractivity contribution is 5.91. The Labute approximate surface area is 108 Å². The minimum Gasteiger partial charge on any atom is -0.382 e. The van der Waals surface area contributed by atoms with E-state index in [-0.39, 0.29) is 0 Å². The van der Waals surface area contributed by atoms with Crippen LogP contribution in [0.15, 0.2) is 30.3 Å². The first-order valence-corrected chi connectivity index (χ1v) is 6.66. The van der Waals surface area contributed by atoms with Gasteiger partial charge in [0.1, 0.15) is 0 Å². The van der Waals surface area contributed by atoms with Crippen molar-refractivity contribution in [3.63, 3.8) is 0 Å². The predicted octanol–water partition coefficient (Wildman–Crippen LogP) is 2.71. The number of fused-ring (bicyclic) bond motifs is 1. The fourth-order valence-corrected chi connectivity index (χ4v) is 2.57. The van der Waals surface area contributed by atoms with Crippen LogP contribution in [0.2, 0.25) is 0 Å². The summed E-state index contributed by atoms with van der Waals surface area (Å²) in [5.41, 5.74) is 3.36. The lowest BCUT2D eigenvalue weighted by molar-refractivity contribution is 0.479. The fourth-order valence-electron chi connectivity index (χ4n) is 2.57. The van der Waals surface area contributed by atoms with Crippen molar-refractivity contribution in [2.24, 2.45) is 0 Å². The standard InChI is InChI=1S/C15H19N3/c1-11-5-6-13-14(17-11)3-2-4-15(13)18-12-7-9-16-10-8-12/h2-6,12,16,18H,7-10H2,1H3. The van der Waals surface area contributed by atoms with Gasteiger partial charge in [-0.3, -0.25) is 4.98 Å². The van der Waals surface area contributed by atoms with E-state index in [4.69, 9.17) is 0 Å². The van der Waals surface area contributed by atoms with Crippen molar-refractivity contribution in [3.05, 3.63) is 36.0 Å². The second-order valence-electron chi connectivity index (χ2n) is 4.99. The van der Waals surface area contributed by atoms with Crippen LogP contribution in [-0.4, -0.2) is 24.1 Å². The largest absolute Gasteiger partial charge is 0.382 e. The number of nitrogens with zero attached hydrogens (tertiary/aromatic N) is 1. The highest BCUT2D eigenvalue weighted by atomic mass is 15.0. The Hall–Kier alpha value is -1.61. The molecular weight excluding hydrogens is 222 g/mol. The van der Waals surface area contributed by atoms with Gasteiger partial charge in [-0.2, -0.15) is 0 Å². The summed E-state index contributed by atoms with van der Waals surface area (Å²) in [6, 6.07) is 11.1. The number of benzene rings is 1. The van der Waals surface area contributed by atoms with Crippen LogP contribution in [0.4, 0.5) is 5.69 Å². The van der Waals surface area contributed by atoms with Crippen molar-refractivity contribution in [1.29, 1.82) is 0 Å². The van der Waals surface area contributed by atoms with Gasteiger partial charge in [0.15, 0.2) is 0 Å². The van der Waals surface area contributed by atoms with Crippen LogP contribution in [0.25, 0.3) is 10.9 Å². The first kappa shape index (κ1) is 11.5. The second kappa shape index (κ2) is 4.94. The van der Waals surface area contributed by atoms with E-state index in [0.717, 1.165) is 24.3 Å². The zero-order valence-electron chi connectivity index (χ0n) is 10.7. The van der Waals surface area contributed by atoms with Crippen molar-refractivity contribution >= 4 is 16.6 Å². The molecule has 0 amide bonds. The lowest BCUT2D eigenvalue weighted by atomic mass is 10.1. The van der Waals surface area contributed by atoms with Gasteiger partial charge in [-0.15, -0.1) is 0 Å². The molecule has 1 fully saturated rings. The minimum absolute atomic E-state index is 0.582. The van der Waals surface area contributed by atoms with Gasteiger partial charge >= 0.3 is 0 Å². The van der Waals surface area contributed by atoms with E-state index >= 15 is 0 Å². The van der Waals surface area contributed by atoms with Crippen molar-refractivity contribution < 1.29 is 0 Å². The zero-order valence-corrected chi connectivity index (χ0v) is 10.7. The third-order valence-electron chi connectivity index (χ3n) is 3.57. The molecule has 0 aliphatic carbocycles. The molecule has 2 heterocycles. The summed E-state index contributed by atoms with van der Waals surface area (Å²) in [6.45, 7) is 4.26. The monoisotopic (exact) mass is 241 g/mol. The number of aryl methyl sites for hydroxylation is 1. The molecule has 0 radical (unpaired) electrons. The molecule has 0 atom stereocenters. The Morgan fingerprint density at radius 2 is 2.00 bits per heavy atom. The van der Waals surface area contributed by atoms with E-state index in [9.17, 15) is 0 Å². The molecule has 0 saturated carbocycles. The van der Waals surface area contributed by atoms with Gasteiger partial charge < -0.3 is 10.6 Å². The van der Waals surface area contributed by atoms with Crippen molar-refractivity contribution in [3.8, 4) is 0 Å². The molecule has 3 heteroatoms. The quantitative estimate of drug-likeness (QED) is 0.849. The van der Waals surface area contributed by atoms with Crippen LogP contribution in [-0.2, 0) is 0 Å². The van der Waals surface area contributed by atoms with Gasteiger partial charge in [-0.05, 0) is 57.1 Å². The average Bonchev–Trinajstić information content (AvgIpc) is 2.40. The molecule has 3 nitrogen and oxygen atoms in total. The third kappa shape index (κ3) is 2.31. The lowest BCUT2D eigenvalue weighted by Crippen LogP contribution is -2.35. The van der Waals surface area contributed by atoms with Gasteiger partial charge in [-0.1, -0.05) is 6.07 Å². The summed E-state index contributed by atoms with van der Waals surface area (Å²) in [5.74, 6) is 0. The Morgan fingerprint density at radius 3 is 2.83 bits per heavy atom. The lowest BCUT2D eigenvalue weighted by Gasteiger charge is -2.25. The summed E-state index contributed by atoms with van der Waals surface area (Å²) < 4.78 is 0. The smallest absolute Gasteiger partial charge is 0.0725 e. The third-order valence-corrected chi connectivity index (χ3v) is 3.57. The number of nitrogens with one attached hydrogen (secondary N) is 2. The van der Waals surface area contributed by atoms with Gasteiger partial charge in [0.2, 0.25) is 0 Å². The number of hydrogen-bond donors (Lipinski definition) is 2. The van der Waals surface area contributed by atoms with Crippen molar-refractivity contribution in [1.82, 2.24) is 10.3 Å². The molecule has 1 aliphatic heterocycles. The normalized spacial score (nSPS) is 16.9. The molecular formula is C15H19N3. The predicted molar refractivity (Wildman–Crippen MR) is 76.0 cm³/mol. The summed E-state index contributed by atoms with van der Waals surface area (Å²) in [7, 11) is 0. The van der Waals surface area contributed by atoms with E-state index in [2.05, 4.69) is 45.9 Å².